The van der Waals surface area contributed by atoms with Crippen molar-refractivity contribution in [3.8, 4) is 0 Å². The number of anilines is 1. The molecule has 11 heavy (non-hydrogen) atoms. The summed E-state index contributed by atoms with van der Waals surface area (Å²) in [6.07, 6.45) is 1.78. The van der Waals surface area contributed by atoms with Gasteiger partial charge < -0.3 is 5.32 Å². The van der Waals surface area contributed by atoms with E-state index in [2.05, 4.69) is 23.8 Å². The second kappa shape index (κ2) is 3.53. The van der Waals surface area contributed by atoms with Crippen molar-refractivity contribution in [1.82, 2.24) is 4.98 Å². The van der Waals surface area contributed by atoms with Crippen molar-refractivity contribution < 1.29 is 0 Å². The molecule has 1 heterocycles. The molecule has 1 aromatic heterocycles. The van der Waals surface area contributed by atoms with Gasteiger partial charge in [-0.1, -0.05) is 6.58 Å². The molecule has 0 radical (unpaired) electrons. The van der Waals surface area contributed by atoms with Gasteiger partial charge in [0.1, 0.15) is 5.00 Å². The Balaban J connectivity index is 2.92. The molecule has 0 amide bonds. The number of nitrogens with one attached hydrogen (secondary N) is 1. The molecule has 0 spiro atoms. The standard InChI is InChI=1S/C8H12N2S/c1-4-7-8(9-5-2)11-6(3)10-7/h4,9H,1,5H2,2-3H3. The first-order chi connectivity index (χ1) is 5.27. The molecule has 0 unspecified atom stereocenters. The maximum absolute atomic E-state index is 4.29. The van der Waals surface area contributed by atoms with E-state index in [1.54, 1.807) is 17.4 Å². The Kier molecular flexibility index (Phi) is 2.65. The molecular formula is C8H12N2S. The van der Waals surface area contributed by atoms with Gasteiger partial charge in [-0.2, -0.15) is 0 Å². The highest BCUT2D eigenvalue weighted by Crippen LogP contribution is 2.24. The Morgan fingerprint density at radius 1 is 1.73 bits per heavy atom. The normalized spacial score (nSPS) is 9.64. The Morgan fingerprint density at radius 3 is 3.00 bits per heavy atom. The predicted octanol–water partition coefficient (Wildman–Crippen LogP) is 2.53. The smallest absolute Gasteiger partial charge is 0.116 e. The van der Waals surface area contributed by atoms with E-state index in [-0.39, 0.29) is 0 Å². The molecule has 0 fully saturated rings. The molecule has 0 aliphatic heterocycles. The molecular weight excluding hydrogens is 156 g/mol. The van der Waals surface area contributed by atoms with Crippen molar-refractivity contribution in [1.29, 1.82) is 0 Å². The average Bonchev–Trinajstić information content (AvgIpc) is 2.32. The summed E-state index contributed by atoms with van der Waals surface area (Å²) in [6, 6.07) is 0. The molecule has 0 saturated carbocycles. The zero-order valence-corrected chi connectivity index (χ0v) is 7.66. The van der Waals surface area contributed by atoms with Crippen molar-refractivity contribution in [2.75, 3.05) is 11.9 Å². The first-order valence-corrected chi connectivity index (χ1v) is 4.43. The van der Waals surface area contributed by atoms with Crippen LogP contribution in [-0.4, -0.2) is 11.5 Å². The predicted molar refractivity (Wildman–Crippen MR) is 51.1 cm³/mol. The van der Waals surface area contributed by atoms with Crippen molar-refractivity contribution >= 4 is 22.4 Å². The van der Waals surface area contributed by atoms with Crippen LogP contribution < -0.4 is 5.32 Å². The van der Waals surface area contributed by atoms with Crippen LogP contribution in [0.15, 0.2) is 6.58 Å². The van der Waals surface area contributed by atoms with Gasteiger partial charge in [0, 0.05) is 6.54 Å². The highest BCUT2D eigenvalue weighted by atomic mass is 32.1. The monoisotopic (exact) mass is 168 g/mol. The highest BCUT2D eigenvalue weighted by Gasteiger charge is 2.02. The number of aromatic nitrogens is 1. The van der Waals surface area contributed by atoms with Crippen molar-refractivity contribution in [3.05, 3.63) is 17.3 Å². The van der Waals surface area contributed by atoms with E-state index in [1.807, 2.05) is 6.92 Å². The van der Waals surface area contributed by atoms with Gasteiger partial charge in [0.05, 0.1) is 10.7 Å². The maximum atomic E-state index is 4.29. The number of hydrogen-bond acceptors (Lipinski definition) is 3. The SMILES string of the molecule is C=Cc1nc(C)sc1NCC. The minimum absolute atomic E-state index is 0.933. The van der Waals surface area contributed by atoms with E-state index in [9.17, 15) is 0 Å². The minimum Gasteiger partial charge on any atom is -0.375 e. The summed E-state index contributed by atoms with van der Waals surface area (Å²) in [6.45, 7) is 8.69. The molecule has 3 heteroatoms. The Morgan fingerprint density at radius 2 is 2.45 bits per heavy atom. The lowest BCUT2D eigenvalue weighted by Crippen LogP contribution is -1.94. The van der Waals surface area contributed by atoms with Crippen LogP contribution in [0.25, 0.3) is 6.08 Å². The molecule has 0 bridgehead atoms. The largest absolute Gasteiger partial charge is 0.375 e. The number of aryl methyl sites for hydroxylation is 1. The van der Waals surface area contributed by atoms with E-state index >= 15 is 0 Å². The minimum atomic E-state index is 0.933. The lowest BCUT2D eigenvalue weighted by molar-refractivity contribution is 1.21. The Labute approximate surface area is 71.0 Å². The number of nitrogens with zero attached hydrogens (tertiary/aromatic N) is 1. The summed E-state index contributed by atoms with van der Waals surface area (Å²) >= 11 is 1.67. The molecule has 1 aromatic rings. The van der Waals surface area contributed by atoms with Crippen molar-refractivity contribution in [2.24, 2.45) is 0 Å². The van der Waals surface area contributed by atoms with Crippen LogP contribution in [0.4, 0.5) is 5.00 Å². The average molecular weight is 168 g/mol. The zero-order chi connectivity index (χ0) is 8.27. The molecule has 1 rings (SSSR count). The van der Waals surface area contributed by atoms with E-state index in [0.29, 0.717) is 0 Å². The van der Waals surface area contributed by atoms with Gasteiger partial charge >= 0.3 is 0 Å². The molecule has 0 aromatic carbocycles. The summed E-state index contributed by atoms with van der Waals surface area (Å²) in [5.41, 5.74) is 0.967. The molecule has 0 saturated heterocycles. The fourth-order valence-corrected chi connectivity index (χ4v) is 1.76. The summed E-state index contributed by atoms with van der Waals surface area (Å²) in [5, 5.41) is 5.44. The Hall–Kier alpha value is -0.830. The van der Waals surface area contributed by atoms with Crippen LogP contribution in [-0.2, 0) is 0 Å². The van der Waals surface area contributed by atoms with E-state index in [0.717, 1.165) is 22.2 Å². The van der Waals surface area contributed by atoms with Crippen LogP contribution in [0, 0.1) is 6.92 Å². The molecule has 0 aliphatic rings. The lowest BCUT2D eigenvalue weighted by atomic mass is 10.4. The molecule has 1 N–H and O–H groups in total. The third-order valence-electron chi connectivity index (χ3n) is 1.29. The first kappa shape index (κ1) is 8.27. The summed E-state index contributed by atoms with van der Waals surface area (Å²) in [7, 11) is 0. The molecule has 60 valence electrons. The second-order valence-corrected chi connectivity index (χ2v) is 3.38. The quantitative estimate of drug-likeness (QED) is 0.750. The maximum Gasteiger partial charge on any atom is 0.116 e. The topological polar surface area (TPSA) is 24.9 Å². The van der Waals surface area contributed by atoms with Crippen molar-refractivity contribution in [2.45, 2.75) is 13.8 Å². The zero-order valence-electron chi connectivity index (χ0n) is 6.85. The van der Waals surface area contributed by atoms with E-state index < -0.39 is 0 Å². The van der Waals surface area contributed by atoms with Gasteiger partial charge in [0.25, 0.3) is 0 Å². The third kappa shape index (κ3) is 1.80. The first-order valence-electron chi connectivity index (χ1n) is 3.61. The van der Waals surface area contributed by atoms with Gasteiger partial charge in [-0.05, 0) is 19.9 Å². The highest BCUT2D eigenvalue weighted by molar-refractivity contribution is 7.15. The van der Waals surface area contributed by atoms with Crippen LogP contribution in [0.1, 0.15) is 17.6 Å². The molecule has 0 atom stereocenters. The van der Waals surface area contributed by atoms with Gasteiger partial charge in [-0.3, -0.25) is 0 Å². The van der Waals surface area contributed by atoms with Gasteiger partial charge in [0.2, 0.25) is 0 Å². The van der Waals surface area contributed by atoms with Gasteiger partial charge in [-0.15, -0.1) is 11.3 Å². The Bertz CT molecular complexity index is 253. The van der Waals surface area contributed by atoms with E-state index in [1.165, 1.54) is 0 Å². The van der Waals surface area contributed by atoms with Gasteiger partial charge in [0.15, 0.2) is 0 Å². The number of thiazole rings is 1. The second-order valence-electron chi connectivity index (χ2n) is 2.18. The van der Waals surface area contributed by atoms with Crippen LogP contribution in [0.5, 0.6) is 0 Å². The third-order valence-corrected chi connectivity index (χ3v) is 2.24. The van der Waals surface area contributed by atoms with Crippen LogP contribution in [0.2, 0.25) is 0 Å². The number of rotatable bonds is 3. The fraction of sp³-hybridized carbons (Fsp3) is 0.375. The lowest BCUT2D eigenvalue weighted by Gasteiger charge is -1.97. The van der Waals surface area contributed by atoms with Crippen LogP contribution >= 0.6 is 11.3 Å². The number of hydrogen-bond donors (Lipinski definition) is 1. The molecule has 2 nitrogen and oxygen atoms in total. The van der Waals surface area contributed by atoms with Crippen LogP contribution in [0.3, 0.4) is 0 Å². The van der Waals surface area contributed by atoms with E-state index in [4.69, 9.17) is 0 Å². The van der Waals surface area contributed by atoms with Crippen molar-refractivity contribution in [3.63, 3.8) is 0 Å². The summed E-state index contributed by atoms with van der Waals surface area (Å²) in [4.78, 5) is 4.29. The fourth-order valence-electron chi connectivity index (χ4n) is 0.869. The summed E-state index contributed by atoms with van der Waals surface area (Å²) < 4.78 is 0. The summed E-state index contributed by atoms with van der Waals surface area (Å²) in [5.74, 6) is 0. The molecule has 0 aliphatic carbocycles. The van der Waals surface area contributed by atoms with Gasteiger partial charge in [-0.25, -0.2) is 4.98 Å².